The van der Waals surface area contributed by atoms with Gasteiger partial charge in [-0.2, -0.15) is 5.10 Å². The third-order valence-electron chi connectivity index (χ3n) is 7.78. The number of pyridine rings is 1. The molecule has 0 saturated carbocycles. The van der Waals surface area contributed by atoms with Gasteiger partial charge in [-0.15, -0.1) is 0 Å². The van der Waals surface area contributed by atoms with Gasteiger partial charge in [0.05, 0.1) is 34.1 Å². The first-order chi connectivity index (χ1) is 23.8. The molecule has 258 valence electrons. The van der Waals surface area contributed by atoms with E-state index >= 15 is 0 Å². The van der Waals surface area contributed by atoms with Crippen LogP contribution in [0.1, 0.15) is 56.3 Å². The van der Waals surface area contributed by atoms with Crippen molar-refractivity contribution in [3.63, 3.8) is 0 Å². The van der Waals surface area contributed by atoms with Gasteiger partial charge in [0.1, 0.15) is 28.7 Å². The maximum absolute atomic E-state index is 14.4. The topological polar surface area (TPSA) is 122 Å². The van der Waals surface area contributed by atoms with Crippen molar-refractivity contribution >= 4 is 45.1 Å². The highest BCUT2D eigenvalue weighted by molar-refractivity contribution is 6.37. The number of anilines is 1. The quantitative estimate of drug-likeness (QED) is 0.128. The number of fused-ring (bicyclic) bond motifs is 2. The average Bonchev–Trinajstić information content (AvgIpc) is 3.59. The number of carbonyl (C=O) groups is 1. The minimum atomic E-state index is -1.32. The number of benzene rings is 3. The van der Waals surface area contributed by atoms with E-state index < -0.39 is 35.0 Å². The monoisotopic (exact) mass is 700 g/mol. The summed E-state index contributed by atoms with van der Waals surface area (Å²) < 4.78 is 44.5. The molecule has 50 heavy (non-hydrogen) atoms. The number of nitrogens with zero attached hydrogens (tertiary/aromatic N) is 3. The zero-order chi connectivity index (χ0) is 36.3. The molecule has 0 aliphatic carbocycles. The number of carbonyl (C=O) groups excluding carboxylic acids is 1. The molecule has 8 nitrogen and oxygen atoms in total. The molecule has 0 fully saturated rings. The number of amides is 1. The fourth-order valence-corrected chi connectivity index (χ4v) is 6.03. The summed E-state index contributed by atoms with van der Waals surface area (Å²) in [5.41, 5.74) is 8.75. The number of nitrogen functional groups attached to an aromatic ring is 1. The number of aliphatic hydroxyl groups is 1. The Bertz CT molecular complexity index is 2260. The largest absolute Gasteiger partial charge is 0.382 e. The van der Waals surface area contributed by atoms with Crippen molar-refractivity contribution in [2.24, 2.45) is 7.05 Å². The Morgan fingerprint density at radius 1 is 1.04 bits per heavy atom. The van der Waals surface area contributed by atoms with E-state index in [1.54, 1.807) is 48.3 Å². The number of halogens is 4. The SMILES string of the molecule is CC.Cn1nc(N)c2c(Cl)ccc(-c3ccc(C#CC(C)(C)O)nc3[C@H](Cc3cc(F)cc(F)c3)NC(=O)Cc3c[nH]c4ccc(F)cc34)c21. The molecule has 6 aromatic rings. The van der Waals surface area contributed by atoms with Crippen LogP contribution < -0.4 is 11.1 Å². The molecule has 0 aliphatic rings. The van der Waals surface area contributed by atoms with Gasteiger partial charge in [-0.3, -0.25) is 9.48 Å². The summed E-state index contributed by atoms with van der Waals surface area (Å²) in [5.74, 6) is 3.38. The Kier molecular flexibility index (Phi) is 10.6. The van der Waals surface area contributed by atoms with Gasteiger partial charge in [0.25, 0.3) is 0 Å². The molecule has 3 aromatic carbocycles. The van der Waals surface area contributed by atoms with Crippen molar-refractivity contribution in [1.82, 2.24) is 25.1 Å². The van der Waals surface area contributed by atoms with Crippen molar-refractivity contribution < 1.29 is 23.1 Å². The average molecular weight is 701 g/mol. The van der Waals surface area contributed by atoms with Crippen LogP contribution in [0, 0.1) is 29.3 Å². The van der Waals surface area contributed by atoms with Crippen LogP contribution in [0.15, 0.2) is 66.9 Å². The number of nitrogens with two attached hydrogens (primary N) is 1. The van der Waals surface area contributed by atoms with E-state index in [-0.39, 0.29) is 29.9 Å². The predicted molar refractivity (Wildman–Crippen MR) is 191 cm³/mol. The van der Waals surface area contributed by atoms with Gasteiger partial charge in [-0.1, -0.05) is 37.4 Å². The number of aromatic nitrogens is 4. The molecule has 1 atom stereocenters. The summed E-state index contributed by atoms with van der Waals surface area (Å²) in [6.07, 6.45) is 1.44. The second-order valence-electron chi connectivity index (χ2n) is 12.0. The minimum Gasteiger partial charge on any atom is -0.382 e. The van der Waals surface area contributed by atoms with Crippen LogP contribution in [0.2, 0.25) is 5.02 Å². The Morgan fingerprint density at radius 3 is 2.44 bits per heavy atom. The lowest BCUT2D eigenvalue weighted by Crippen LogP contribution is -2.32. The lowest BCUT2D eigenvalue weighted by atomic mass is 9.93. The number of aryl methyl sites for hydroxylation is 1. The molecule has 0 unspecified atom stereocenters. The van der Waals surface area contributed by atoms with E-state index in [2.05, 4.69) is 27.2 Å². The first-order valence-electron chi connectivity index (χ1n) is 15.9. The van der Waals surface area contributed by atoms with Crippen LogP contribution in [-0.2, 0) is 24.7 Å². The molecular formula is C38H36ClF3N6O2. The number of aromatic amines is 1. The highest BCUT2D eigenvalue weighted by Gasteiger charge is 2.25. The van der Waals surface area contributed by atoms with E-state index in [0.29, 0.717) is 49.2 Å². The number of rotatable bonds is 7. The van der Waals surface area contributed by atoms with Crippen LogP contribution in [0.3, 0.4) is 0 Å². The van der Waals surface area contributed by atoms with Gasteiger partial charge in [0.2, 0.25) is 5.91 Å². The third-order valence-corrected chi connectivity index (χ3v) is 8.10. The number of H-pyrrole nitrogens is 1. The van der Waals surface area contributed by atoms with Gasteiger partial charge < -0.3 is 21.1 Å². The summed E-state index contributed by atoms with van der Waals surface area (Å²) in [6.45, 7) is 7.06. The lowest BCUT2D eigenvalue weighted by molar-refractivity contribution is -0.121. The Labute approximate surface area is 292 Å². The molecule has 0 saturated heterocycles. The number of nitrogens with one attached hydrogen (secondary N) is 2. The van der Waals surface area contributed by atoms with Gasteiger partial charge in [0, 0.05) is 41.3 Å². The van der Waals surface area contributed by atoms with Crippen LogP contribution in [0.5, 0.6) is 0 Å². The van der Waals surface area contributed by atoms with Crippen molar-refractivity contribution in [2.75, 3.05) is 5.73 Å². The molecule has 12 heteroatoms. The van der Waals surface area contributed by atoms with Gasteiger partial charge in [0.15, 0.2) is 5.82 Å². The Morgan fingerprint density at radius 2 is 1.74 bits per heavy atom. The highest BCUT2D eigenvalue weighted by atomic mass is 35.5. The molecule has 0 bridgehead atoms. The zero-order valence-corrected chi connectivity index (χ0v) is 28.9. The summed E-state index contributed by atoms with van der Waals surface area (Å²) in [7, 11) is 1.72. The molecule has 0 spiro atoms. The van der Waals surface area contributed by atoms with Crippen molar-refractivity contribution in [2.45, 2.75) is 52.2 Å². The van der Waals surface area contributed by atoms with E-state index in [4.69, 9.17) is 22.3 Å². The molecule has 0 radical (unpaired) electrons. The molecular weight excluding hydrogens is 665 g/mol. The lowest BCUT2D eigenvalue weighted by Gasteiger charge is -2.22. The van der Waals surface area contributed by atoms with Crippen LogP contribution in [0.25, 0.3) is 32.9 Å². The highest BCUT2D eigenvalue weighted by Crippen LogP contribution is 2.39. The van der Waals surface area contributed by atoms with Crippen molar-refractivity contribution in [1.29, 1.82) is 0 Å². The molecule has 6 rings (SSSR count). The van der Waals surface area contributed by atoms with Crippen LogP contribution in [-0.4, -0.2) is 36.4 Å². The number of hydrogen-bond donors (Lipinski definition) is 4. The van der Waals surface area contributed by atoms with E-state index in [1.807, 2.05) is 13.8 Å². The normalized spacial score (nSPS) is 11.9. The molecule has 5 N–H and O–H groups in total. The first kappa shape index (κ1) is 36.0. The van der Waals surface area contributed by atoms with E-state index in [0.717, 1.165) is 6.07 Å². The standard InChI is InChI=1S/C36H30ClF3N6O2.C2H6/c1-36(2,48)11-10-24-5-6-25(26-7-8-28(37)32-34(26)46(3)45-35(32)41)33(43-24)30(14-19-12-22(39)16-23(40)13-19)44-31(47)15-20-18-42-29-9-4-21(38)17-27(20)29;1-2/h4-9,12-13,16-18,30,42,48H,14-15H2,1-3H3,(H2,41,45)(H,44,47);1-2H3/t30-;/m0./s1. The zero-order valence-electron chi connectivity index (χ0n) is 28.1. The fourth-order valence-electron chi connectivity index (χ4n) is 5.78. The smallest absolute Gasteiger partial charge is 0.225 e. The molecule has 1 amide bonds. The van der Waals surface area contributed by atoms with Gasteiger partial charge >= 0.3 is 0 Å². The summed E-state index contributed by atoms with van der Waals surface area (Å²) in [4.78, 5) is 21.6. The molecule has 0 aliphatic heterocycles. The van der Waals surface area contributed by atoms with Crippen LogP contribution >= 0.6 is 11.6 Å². The van der Waals surface area contributed by atoms with Crippen molar-refractivity contribution in [3.8, 4) is 23.0 Å². The summed E-state index contributed by atoms with van der Waals surface area (Å²) in [5, 5.41) is 19.1. The fraction of sp³-hybridized carbons (Fsp3) is 0.237. The summed E-state index contributed by atoms with van der Waals surface area (Å²) >= 11 is 6.53. The Balaban J connectivity index is 0.00000239. The minimum absolute atomic E-state index is 0.0600. The summed E-state index contributed by atoms with van der Waals surface area (Å²) in [6, 6.07) is 13.3. The second-order valence-corrected chi connectivity index (χ2v) is 12.5. The predicted octanol–water partition coefficient (Wildman–Crippen LogP) is 7.56. The third kappa shape index (κ3) is 7.94. The second kappa shape index (κ2) is 14.7. The van der Waals surface area contributed by atoms with Gasteiger partial charge in [-0.05, 0) is 85.8 Å². The maximum atomic E-state index is 14.4. The van der Waals surface area contributed by atoms with Crippen molar-refractivity contribution in [3.05, 3.63) is 112 Å². The van der Waals surface area contributed by atoms with Gasteiger partial charge in [-0.25, -0.2) is 18.2 Å². The van der Waals surface area contributed by atoms with E-state index in [1.165, 1.54) is 38.1 Å². The van der Waals surface area contributed by atoms with Crippen LogP contribution in [0.4, 0.5) is 19.0 Å². The first-order valence-corrected chi connectivity index (χ1v) is 16.3. The number of hydrogen-bond acceptors (Lipinski definition) is 5. The molecule has 3 aromatic heterocycles. The maximum Gasteiger partial charge on any atom is 0.225 e. The van der Waals surface area contributed by atoms with E-state index in [9.17, 15) is 23.1 Å². The Hall–Kier alpha value is -5.31. The molecule has 3 heterocycles.